The normalized spacial score (nSPS) is 20.8. The van der Waals surface area contributed by atoms with Crippen LogP contribution in [0.25, 0.3) is 5.57 Å². The molecule has 6 rings (SSSR count). The maximum atomic E-state index is 12.5. The first kappa shape index (κ1) is 22.8. The molecule has 36 heavy (non-hydrogen) atoms. The van der Waals surface area contributed by atoms with Crippen LogP contribution >= 0.6 is 0 Å². The van der Waals surface area contributed by atoms with Crippen LogP contribution in [-0.2, 0) is 11.2 Å². The number of ether oxygens (including phenoxy) is 2. The zero-order valence-corrected chi connectivity index (χ0v) is 20.4. The first-order valence-electron chi connectivity index (χ1n) is 12.7. The highest BCUT2D eigenvalue weighted by atomic mass is 16.5. The van der Waals surface area contributed by atoms with Gasteiger partial charge in [0, 0.05) is 63.5 Å². The fraction of sp³-hybridized carbons (Fsp3) is 0.393. The largest absolute Gasteiger partial charge is 0.487 e. The van der Waals surface area contributed by atoms with Gasteiger partial charge in [0.1, 0.15) is 11.4 Å². The second-order valence-corrected chi connectivity index (χ2v) is 9.77. The van der Waals surface area contributed by atoms with E-state index < -0.39 is 0 Å². The molecule has 0 saturated carbocycles. The number of nitrogens with one attached hydrogen (secondary N) is 1. The van der Waals surface area contributed by atoms with Crippen molar-refractivity contribution in [2.75, 3.05) is 44.3 Å². The zero-order chi connectivity index (χ0) is 24.4. The van der Waals surface area contributed by atoms with Crippen LogP contribution < -0.4 is 15.0 Å². The van der Waals surface area contributed by atoms with E-state index >= 15 is 0 Å². The summed E-state index contributed by atoms with van der Waals surface area (Å²) in [6, 6.07) is 8.32. The molecule has 2 amide bonds. The van der Waals surface area contributed by atoms with Gasteiger partial charge in [0.05, 0.1) is 13.2 Å². The van der Waals surface area contributed by atoms with Crippen molar-refractivity contribution in [1.82, 2.24) is 20.2 Å². The van der Waals surface area contributed by atoms with Gasteiger partial charge >= 0.3 is 6.03 Å². The zero-order valence-electron chi connectivity index (χ0n) is 20.4. The summed E-state index contributed by atoms with van der Waals surface area (Å²) in [5, 5.41) is 3.02. The minimum atomic E-state index is -0.138. The van der Waals surface area contributed by atoms with Crippen LogP contribution in [0.15, 0.2) is 66.7 Å². The number of benzene rings is 1. The second kappa shape index (κ2) is 9.78. The topological polar surface area (TPSA) is 79.8 Å². The molecule has 1 aliphatic carbocycles. The van der Waals surface area contributed by atoms with E-state index in [0.717, 1.165) is 56.2 Å². The van der Waals surface area contributed by atoms with Gasteiger partial charge < -0.3 is 24.6 Å². The van der Waals surface area contributed by atoms with Crippen molar-refractivity contribution >= 4 is 17.6 Å². The van der Waals surface area contributed by atoms with Gasteiger partial charge in [-0.05, 0) is 53.5 Å². The number of hydrogen-bond acceptors (Lipinski definition) is 6. The van der Waals surface area contributed by atoms with Crippen LogP contribution in [0.1, 0.15) is 30.4 Å². The van der Waals surface area contributed by atoms with Gasteiger partial charge in [-0.3, -0.25) is 0 Å². The minimum absolute atomic E-state index is 0.0732. The van der Waals surface area contributed by atoms with Crippen molar-refractivity contribution in [3.8, 4) is 5.75 Å². The Kier molecular flexibility index (Phi) is 6.19. The summed E-state index contributed by atoms with van der Waals surface area (Å²) in [4.78, 5) is 25.4. The summed E-state index contributed by atoms with van der Waals surface area (Å²) in [6.07, 6.45) is 15.4. The molecule has 0 atom stereocenters. The van der Waals surface area contributed by atoms with Crippen molar-refractivity contribution in [2.45, 2.75) is 31.3 Å². The summed E-state index contributed by atoms with van der Waals surface area (Å²) >= 11 is 0. The lowest BCUT2D eigenvalue weighted by Crippen LogP contribution is -2.47. The second-order valence-electron chi connectivity index (χ2n) is 9.77. The molecule has 1 aromatic carbocycles. The quantitative estimate of drug-likeness (QED) is 0.714. The number of carbonyl (C=O) groups is 1. The number of urea groups is 1. The van der Waals surface area contributed by atoms with E-state index in [1.807, 2.05) is 18.2 Å². The van der Waals surface area contributed by atoms with Crippen molar-refractivity contribution in [3.63, 3.8) is 0 Å². The fourth-order valence-corrected chi connectivity index (χ4v) is 5.37. The van der Waals surface area contributed by atoms with Crippen molar-refractivity contribution in [2.24, 2.45) is 0 Å². The van der Waals surface area contributed by atoms with Crippen LogP contribution in [0, 0.1) is 0 Å². The lowest BCUT2D eigenvalue weighted by Gasteiger charge is -2.38. The standard InChI is InChI=1S/C28H31N5O3/c34-27(33-15-17-35-18-16-33)31-24-4-1-3-21(5-7-24)22-6-8-25-23(19-22)20-28(36-25)9-13-32(14-10-28)26-29-11-2-12-30-26/h1-2,4-8,11-12,19H,3,9-10,13-18,20H2,(H,31,34). The van der Waals surface area contributed by atoms with Gasteiger partial charge in [-0.2, -0.15) is 0 Å². The van der Waals surface area contributed by atoms with Crippen molar-refractivity contribution < 1.29 is 14.3 Å². The Morgan fingerprint density at radius 3 is 2.64 bits per heavy atom. The van der Waals surface area contributed by atoms with E-state index in [4.69, 9.17) is 9.47 Å². The third-order valence-electron chi connectivity index (χ3n) is 7.43. The molecule has 0 bridgehead atoms. The van der Waals surface area contributed by atoms with Gasteiger partial charge in [0.25, 0.3) is 0 Å². The van der Waals surface area contributed by atoms with Crippen molar-refractivity contribution in [1.29, 1.82) is 0 Å². The highest BCUT2D eigenvalue weighted by molar-refractivity contribution is 5.78. The van der Waals surface area contributed by atoms with E-state index in [9.17, 15) is 4.79 Å². The number of aromatic nitrogens is 2. The van der Waals surface area contributed by atoms with Crippen LogP contribution in [0.4, 0.5) is 10.7 Å². The Bertz CT molecular complexity index is 1210. The monoisotopic (exact) mass is 485 g/mol. The number of rotatable bonds is 3. The summed E-state index contributed by atoms with van der Waals surface area (Å²) in [7, 11) is 0. The van der Waals surface area contributed by atoms with E-state index in [1.54, 1.807) is 17.3 Å². The molecule has 1 N–H and O–H groups in total. The summed E-state index contributed by atoms with van der Waals surface area (Å²) in [5.74, 6) is 1.80. The molecule has 2 fully saturated rings. The maximum Gasteiger partial charge on any atom is 0.321 e. The number of piperidine rings is 1. The summed E-state index contributed by atoms with van der Waals surface area (Å²) in [5.41, 5.74) is 4.36. The smallest absolute Gasteiger partial charge is 0.321 e. The Hall–Kier alpha value is -3.65. The Labute approximate surface area is 211 Å². The number of amides is 2. The van der Waals surface area contributed by atoms with Crippen LogP contribution in [0.3, 0.4) is 0 Å². The molecule has 186 valence electrons. The Balaban J connectivity index is 1.11. The molecule has 2 saturated heterocycles. The molecular weight excluding hydrogens is 454 g/mol. The highest BCUT2D eigenvalue weighted by Gasteiger charge is 2.42. The molecule has 8 heteroatoms. The summed E-state index contributed by atoms with van der Waals surface area (Å²) in [6.45, 7) is 4.22. The Morgan fingerprint density at radius 2 is 1.83 bits per heavy atom. The molecule has 8 nitrogen and oxygen atoms in total. The van der Waals surface area contributed by atoms with Gasteiger partial charge in [0.2, 0.25) is 5.95 Å². The first-order valence-corrected chi connectivity index (χ1v) is 12.7. The molecular formula is C28H31N5O3. The van der Waals surface area contributed by atoms with E-state index in [-0.39, 0.29) is 11.6 Å². The van der Waals surface area contributed by atoms with Crippen LogP contribution in [0.2, 0.25) is 0 Å². The van der Waals surface area contributed by atoms with E-state index in [0.29, 0.717) is 26.3 Å². The molecule has 3 aliphatic heterocycles. The number of fused-ring (bicyclic) bond motifs is 1. The average Bonchev–Trinajstić information content (AvgIpc) is 3.11. The molecule has 2 aromatic rings. The maximum absolute atomic E-state index is 12.5. The first-order chi connectivity index (χ1) is 17.7. The molecule has 4 aliphatic rings. The van der Waals surface area contributed by atoms with Gasteiger partial charge in [-0.1, -0.05) is 18.2 Å². The number of hydrogen-bond donors (Lipinski definition) is 1. The highest BCUT2D eigenvalue weighted by Crippen LogP contribution is 2.42. The average molecular weight is 486 g/mol. The molecule has 1 spiro atoms. The lowest BCUT2D eigenvalue weighted by molar-refractivity contribution is 0.0539. The third-order valence-corrected chi connectivity index (χ3v) is 7.43. The number of morpholine rings is 1. The van der Waals surface area contributed by atoms with Gasteiger partial charge in [-0.15, -0.1) is 0 Å². The molecule has 0 radical (unpaired) electrons. The van der Waals surface area contributed by atoms with Crippen LogP contribution in [0.5, 0.6) is 5.75 Å². The number of carbonyl (C=O) groups excluding carboxylic acids is 1. The SMILES string of the molecule is O=C(NC1=CC=C(c2ccc3c(c2)CC2(CCN(c4ncccn4)CC2)O3)CC=C1)N1CCOCC1. The fourth-order valence-electron chi connectivity index (χ4n) is 5.37. The van der Waals surface area contributed by atoms with Gasteiger partial charge in [-0.25, -0.2) is 14.8 Å². The van der Waals surface area contributed by atoms with Gasteiger partial charge in [0.15, 0.2) is 0 Å². The predicted octanol–water partition coefficient (Wildman–Crippen LogP) is 3.72. The number of anilines is 1. The number of allylic oxidation sites excluding steroid dienone is 5. The third kappa shape index (κ3) is 4.73. The van der Waals surface area contributed by atoms with Crippen molar-refractivity contribution in [3.05, 3.63) is 77.8 Å². The molecule has 4 heterocycles. The molecule has 0 unspecified atom stereocenters. The Morgan fingerprint density at radius 1 is 1.03 bits per heavy atom. The molecule has 1 aromatic heterocycles. The van der Waals surface area contributed by atoms with E-state index in [2.05, 4.69) is 50.5 Å². The number of nitrogens with zero attached hydrogens (tertiary/aromatic N) is 4. The minimum Gasteiger partial charge on any atom is -0.487 e. The predicted molar refractivity (Wildman–Crippen MR) is 138 cm³/mol. The van der Waals surface area contributed by atoms with E-state index in [1.165, 1.54) is 16.7 Å². The summed E-state index contributed by atoms with van der Waals surface area (Å²) < 4.78 is 11.9. The van der Waals surface area contributed by atoms with Crippen LogP contribution in [-0.4, -0.2) is 65.9 Å². The lowest BCUT2D eigenvalue weighted by atomic mass is 9.86.